The molecule has 0 aliphatic carbocycles. The van der Waals surface area contributed by atoms with Gasteiger partial charge in [0.1, 0.15) is 0 Å². The lowest BCUT2D eigenvalue weighted by molar-refractivity contribution is -0.114. The quantitative estimate of drug-likeness (QED) is 0.890. The molecular formula is C16H19ClN4OS. The topological polar surface area (TPSA) is 57.3 Å². The smallest absolute Gasteiger partial charge is 0.223 e. The number of thiazole rings is 1. The highest BCUT2D eigenvalue weighted by atomic mass is 35.5. The van der Waals surface area contributed by atoms with Crippen molar-refractivity contribution in [2.45, 2.75) is 19.5 Å². The molecule has 1 aromatic carbocycles. The lowest BCUT2D eigenvalue weighted by Crippen LogP contribution is -2.45. The van der Waals surface area contributed by atoms with E-state index in [4.69, 9.17) is 11.6 Å². The summed E-state index contributed by atoms with van der Waals surface area (Å²) in [5, 5.41) is 9.61. The molecule has 0 radical (unpaired) electrons. The lowest BCUT2D eigenvalue weighted by atomic mass is 10.0. The van der Waals surface area contributed by atoms with Crippen LogP contribution in [0.5, 0.6) is 0 Å². The van der Waals surface area contributed by atoms with E-state index in [1.807, 2.05) is 23.6 Å². The number of carbonyl (C=O) groups excluding carboxylic acids is 1. The van der Waals surface area contributed by atoms with Crippen LogP contribution in [-0.4, -0.2) is 35.4 Å². The van der Waals surface area contributed by atoms with Crippen LogP contribution < -0.4 is 10.6 Å². The second-order valence-electron chi connectivity index (χ2n) is 5.54. The molecular weight excluding hydrogens is 332 g/mol. The zero-order chi connectivity index (χ0) is 16.2. The SMILES string of the molecule is CC(=O)Nc1nc(CN2CCNCC2c2ccccc2Cl)cs1. The van der Waals surface area contributed by atoms with Crippen LogP contribution in [0.4, 0.5) is 5.13 Å². The molecule has 3 rings (SSSR count). The van der Waals surface area contributed by atoms with Crippen LogP contribution in [0.25, 0.3) is 0 Å². The van der Waals surface area contributed by atoms with Gasteiger partial charge in [0.2, 0.25) is 5.91 Å². The molecule has 1 saturated heterocycles. The number of amides is 1. The highest BCUT2D eigenvalue weighted by Crippen LogP contribution is 2.30. The van der Waals surface area contributed by atoms with Gasteiger partial charge >= 0.3 is 0 Å². The maximum Gasteiger partial charge on any atom is 0.223 e. The summed E-state index contributed by atoms with van der Waals surface area (Å²) in [5.41, 5.74) is 2.11. The molecule has 1 aliphatic heterocycles. The van der Waals surface area contributed by atoms with Gasteiger partial charge in [-0.3, -0.25) is 9.69 Å². The molecule has 1 atom stereocenters. The Hall–Kier alpha value is -1.47. The summed E-state index contributed by atoms with van der Waals surface area (Å²) in [4.78, 5) is 18.0. The zero-order valence-corrected chi connectivity index (χ0v) is 14.5. The fraction of sp³-hybridized carbons (Fsp3) is 0.375. The van der Waals surface area contributed by atoms with E-state index in [-0.39, 0.29) is 11.9 Å². The Bertz CT molecular complexity index is 690. The van der Waals surface area contributed by atoms with Crippen LogP contribution in [0.3, 0.4) is 0 Å². The first-order valence-electron chi connectivity index (χ1n) is 7.54. The second kappa shape index (κ2) is 7.40. The van der Waals surface area contributed by atoms with Gasteiger partial charge in [0.05, 0.1) is 5.69 Å². The number of aromatic nitrogens is 1. The van der Waals surface area contributed by atoms with Crippen LogP contribution in [0.2, 0.25) is 5.02 Å². The first-order valence-corrected chi connectivity index (χ1v) is 8.80. The Morgan fingerprint density at radius 3 is 3.13 bits per heavy atom. The van der Waals surface area contributed by atoms with Gasteiger partial charge in [0.15, 0.2) is 5.13 Å². The van der Waals surface area contributed by atoms with E-state index >= 15 is 0 Å². The minimum atomic E-state index is -0.0954. The Labute approximate surface area is 144 Å². The Balaban J connectivity index is 1.75. The third-order valence-electron chi connectivity index (χ3n) is 3.82. The predicted octanol–water partition coefficient (Wildman–Crippen LogP) is 2.90. The normalized spacial score (nSPS) is 18.8. The van der Waals surface area contributed by atoms with Crippen molar-refractivity contribution in [1.29, 1.82) is 0 Å². The van der Waals surface area contributed by atoms with E-state index in [2.05, 4.69) is 26.6 Å². The molecule has 0 bridgehead atoms. The van der Waals surface area contributed by atoms with Crippen molar-refractivity contribution in [3.8, 4) is 0 Å². The highest BCUT2D eigenvalue weighted by molar-refractivity contribution is 7.13. The third kappa shape index (κ3) is 4.09. The van der Waals surface area contributed by atoms with Crippen molar-refractivity contribution in [3.05, 3.63) is 45.9 Å². The number of carbonyl (C=O) groups is 1. The number of halogens is 1. The lowest BCUT2D eigenvalue weighted by Gasteiger charge is -2.36. The molecule has 7 heteroatoms. The first-order chi connectivity index (χ1) is 11.1. The van der Waals surface area contributed by atoms with Gasteiger partial charge in [-0.1, -0.05) is 29.8 Å². The first kappa shape index (κ1) is 16.4. The maximum atomic E-state index is 11.1. The number of anilines is 1. The summed E-state index contributed by atoms with van der Waals surface area (Å²) in [6.45, 7) is 4.98. The summed E-state index contributed by atoms with van der Waals surface area (Å²) in [5.74, 6) is -0.0954. The molecule has 0 spiro atoms. The number of rotatable bonds is 4. The Kier molecular flexibility index (Phi) is 5.27. The van der Waals surface area contributed by atoms with Crippen molar-refractivity contribution in [2.75, 3.05) is 25.0 Å². The molecule has 1 unspecified atom stereocenters. The average molecular weight is 351 g/mol. The molecule has 122 valence electrons. The van der Waals surface area contributed by atoms with Gasteiger partial charge < -0.3 is 10.6 Å². The third-order valence-corrected chi connectivity index (χ3v) is 4.97. The summed E-state index contributed by atoms with van der Waals surface area (Å²) in [6.07, 6.45) is 0. The second-order valence-corrected chi connectivity index (χ2v) is 6.80. The van der Waals surface area contributed by atoms with Crippen LogP contribution in [-0.2, 0) is 11.3 Å². The number of benzene rings is 1. The van der Waals surface area contributed by atoms with Crippen LogP contribution in [0, 0.1) is 0 Å². The maximum absolute atomic E-state index is 11.1. The minimum Gasteiger partial charge on any atom is -0.314 e. The molecule has 0 saturated carbocycles. The summed E-state index contributed by atoms with van der Waals surface area (Å²) < 4.78 is 0. The van der Waals surface area contributed by atoms with E-state index in [9.17, 15) is 4.79 Å². The summed E-state index contributed by atoms with van der Waals surface area (Å²) >= 11 is 7.83. The zero-order valence-electron chi connectivity index (χ0n) is 12.9. The molecule has 1 aromatic heterocycles. The Morgan fingerprint density at radius 2 is 2.35 bits per heavy atom. The molecule has 1 aliphatic rings. The highest BCUT2D eigenvalue weighted by Gasteiger charge is 2.26. The molecule has 5 nitrogen and oxygen atoms in total. The standard InChI is InChI=1S/C16H19ClN4OS/c1-11(22)19-16-20-12(10-23-16)9-21-7-6-18-8-15(21)13-4-2-3-5-14(13)17/h2-5,10,15,18H,6-9H2,1H3,(H,19,20,22). The summed E-state index contributed by atoms with van der Waals surface area (Å²) in [6, 6.07) is 8.21. The monoisotopic (exact) mass is 350 g/mol. The van der Waals surface area contributed by atoms with E-state index in [1.165, 1.54) is 18.3 Å². The van der Waals surface area contributed by atoms with Crippen molar-refractivity contribution in [3.63, 3.8) is 0 Å². The van der Waals surface area contributed by atoms with Gasteiger partial charge in [0, 0.05) is 49.5 Å². The van der Waals surface area contributed by atoms with E-state index in [0.29, 0.717) is 5.13 Å². The average Bonchev–Trinajstić information content (AvgIpc) is 2.95. The van der Waals surface area contributed by atoms with E-state index < -0.39 is 0 Å². The fourth-order valence-electron chi connectivity index (χ4n) is 2.78. The molecule has 23 heavy (non-hydrogen) atoms. The summed E-state index contributed by atoms with van der Waals surface area (Å²) in [7, 11) is 0. The van der Waals surface area contributed by atoms with E-state index in [1.54, 1.807) is 0 Å². The van der Waals surface area contributed by atoms with Gasteiger partial charge in [-0.25, -0.2) is 4.98 Å². The van der Waals surface area contributed by atoms with Gasteiger partial charge in [-0.2, -0.15) is 0 Å². The number of hydrogen-bond acceptors (Lipinski definition) is 5. The molecule has 1 amide bonds. The van der Waals surface area contributed by atoms with Crippen molar-refractivity contribution >= 4 is 34.0 Å². The van der Waals surface area contributed by atoms with Crippen molar-refractivity contribution < 1.29 is 4.79 Å². The molecule has 2 aromatic rings. The number of nitrogens with one attached hydrogen (secondary N) is 2. The van der Waals surface area contributed by atoms with Gasteiger partial charge in [0.25, 0.3) is 0 Å². The van der Waals surface area contributed by atoms with Gasteiger partial charge in [-0.05, 0) is 11.6 Å². The van der Waals surface area contributed by atoms with Crippen molar-refractivity contribution in [2.24, 2.45) is 0 Å². The molecule has 1 fully saturated rings. The molecule has 2 N–H and O–H groups in total. The number of hydrogen-bond donors (Lipinski definition) is 2. The molecule has 2 heterocycles. The predicted molar refractivity (Wildman–Crippen MR) is 93.9 cm³/mol. The van der Waals surface area contributed by atoms with Crippen LogP contribution >= 0.6 is 22.9 Å². The fourth-order valence-corrected chi connectivity index (χ4v) is 3.79. The van der Waals surface area contributed by atoms with Crippen molar-refractivity contribution in [1.82, 2.24) is 15.2 Å². The number of nitrogens with zero attached hydrogens (tertiary/aromatic N) is 2. The minimum absolute atomic E-state index is 0.0954. The van der Waals surface area contributed by atoms with Crippen LogP contribution in [0.1, 0.15) is 24.2 Å². The Morgan fingerprint density at radius 1 is 1.52 bits per heavy atom. The van der Waals surface area contributed by atoms with E-state index in [0.717, 1.165) is 42.5 Å². The number of piperazine rings is 1. The van der Waals surface area contributed by atoms with Crippen LogP contribution in [0.15, 0.2) is 29.6 Å². The van der Waals surface area contributed by atoms with Gasteiger partial charge in [-0.15, -0.1) is 11.3 Å². The largest absolute Gasteiger partial charge is 0.314 e.